The molecule has 154 valence electrons. The zero-order valence-corrected chi connectivity index (χ0v) is 17.3. The zero-order valence-electron chi connectivity index (χ0n) is 17.3. The second-order valence-electron chi connectivity index (χ2n) is 8.19. The van der Waals surface area contributed by atoms with Crippen LogP contribution in [-0.4, -0.2) is 25.7 Å². The van der Waals surface area contributed by atoms with E-state index in [0.717, 1.165) is 31.4 Å². The maximum atomic E-state index is 6.21. The van der Waals surface area contributed by atoms with Gasteiger partial charge in [0.2, 0.25) is 0 Å². The number of nitrogens with zero attached hydrogens (tertiary/aromatic N) is 4. The fourth-order valence-corrected chi connectivity index (χ4v) is 4.36. The zero-order chi connectivity index (χ0) is 20.1. The lowest BCUT2D eigenvalue weighted by atomic mass is 9.86. The molecular formula is C23H31N5O. The smallest absolute Gasteiger partial charge is 0.336 e. The van der Waals surface area contributed by atoms with Crippen molar-refractivity contribution in [2.75, 3.05) is 5.73 Å². The van der Waals surface area contributed by atoms with Crippen molar-refractivity contribution < 1.29 is 4.74 Å². The molecule has 0 radical (unpaired) electrons. The van der Waals surface area contributed by atoms with E-state index in [9.17, 15) is 0 Å². The van der Waals surface area contributed by atoms with Gasteiger partial charge < -0.3 is 10.5 Å². The van der Waals surface area contributed by atoms with Gasteiger partial charge in [-0.2, -0.15) is 4.98 Å². The molecule has 0 saturated heterocycles. The lowest BCUT2D eigenvalue weighted by Crippen LogP contribution is -2.22. The molecule has 6 nitrogen and oxygen atoms in total. The Bertz CT molecular complexity index is 918. The quantitative estimate of drug-likeness (QED) is 0.604. The van der Waals surface area contributed by atoms with Crippen LogP contribution in [0.4, 0.5) is 5.82 Å². The second kappa shape index (κ2) is 9.25. The average molecular weight is 394 g/mol. The Kier molecular flexibility index (Phi) is 6.27. The number of hydrogen-bond acceptors (Lipinski definition) is 5. The summed E-state index contributed by atoms with van der Waals surface area (Å²) in [5, 5.41) is 4.67. The van der Waals surface area contributed by atoms with E-state index in [0.29, 0.717) is 23.4 Å². The van der Waals surface area contributed by atoms with Crippen molar-refractivity contribution in [3.05, 3.63) is 47.8 Å². The van der Waals surface area contributed by atoms with Gasteiger partial charge in [0, 0.05) is 6.42 Å². The van der Waals surface area contributed by atoms with Gasteiger partial charge in [0.05, 0.1) is 11.9 Å². The summed E-state index contributed by atoms with van der Waals surface area (Å²) in [4.78, 5) is 8.85. The van der Waals surface area contributed by atoms with Crippen LogP contribution >= 0.6 is 0 Å². The van der Waals surface area contributed by atoms with Crippen LogP contribution in [0.25, 0.3) is 5.65 Å². The highest BCUT2D eigenvalue weighted by Gasteiger charge is 2.19. The van der Waals surface area contributed by atoms with Crippen molar-refractivity contribution in [1.82, 2.24) is 19.6 Å². The van der Waals surface area contributed by atoms with E-state index in [2.05, 4.69) is 46.3 Å². The molecule has 2 N–H and O–H groups in total. The summed E-state index contributed by atoms with van der Waals surface area (Å²) < 4.78 is 8.06. The van der Waals surface area contributed by atoms with E-state index < -0.39 is 0 Å². The van der Waals surface area contributed by atoms with E-state index in [4.69, 9.17) is 10.5 Å². The fourth-order valence-electron chi connectivity index (χ4n) is 4.36. The maximum Gasteiger partial charge on any atom is 0.336 e. The van der Waals surface area contributed by atoms with Gasteiger partial charge in [0.1, 0.15) is 6.10 Å². The minimum absolute atomic E-state index is 0.0181. The summed E-state index contributed by atoms with van der Waals surface area (Å²) >= 11 is 0. The number of rotatable bonds is 8. The van der Waals surface area contributed by atoms with Crippen LogP contribution in [0.3, 0.4) is 0 Å². The molecule has 1 saturated carbocycles. The molecule has 0 spiro atoms. The molecular weight excluding hydrogens is 362 g/mol. The fraction of sp³-hybridized carbons (Fsp3) is 0.522. The van der Waals surface area contributed by atoms with Crippen LogP contribution in [0.5, 0.6) is 6.01 Å². The van der Waals surface area contributed by atoms with Gasteiger partial charge in [0.25, 0.3) is 0 Å². The average Bonchev–Trinajstić information content (AvgIpc) is 3.13. The van der Waals surface area contributed by atoms with Crippen molar-refractivity contribution in [2.24, 2.45) is 5.92 Å². The van der Waals surface area contributed by atoms with Crippen LogP contribution in [0.15, 0.2) is 36.5 Å². The third kappa shape index (κ3) is 4.86. The van der Waals surface area contributed by atoms with E-state index in [1.807, 2.05) is 16.8 Å². The van der Waals surface area contributed by atoms with Gasteiger partial charge in [-0.05, 0) is 24.3 Å². The molecule has 2 aromatic heterocycles. The second-order valence-corrected chi connectivity index (χ2v) is 8.19. The normalized spacial score (nSPS) is 16.2. The number of nitrogen functional groups attached to an aromatic ring is 1. The van der Waals surface area contributed by atoms with E-state index in [1.165, 1.54) is 37.7 Å². The largest absolute Gasteiger partial charge is 0.459 e. The maximum absolute atomic E-state index is 6.21. The van der Waals surface area contributed by atoms with Crippen molar-refractivity contribution >= 4 is 11.5 Å². The van der Waals surface area contributed by atoms with Gasteiger partial charge in [0.15, 0.2) is 11.5 Å². The molecule has 29 heavy (non-hydrogen) atoms. The Balaban J connectivity index is 1.54. The third-order valence-electron chi connectivity index (χ3n) is 5.85. The first-order valence-corrected chi connectivity index (χ1v) is 10.9. The molecule has 6 heteroatoms. The van der Waals surface area contributed by atoms with Gasteiger partial charge in [-0.1, -0.05) is 75.8 Å². The number of aromatic nitrogens is 4. The highest BCUT2D eigenvalue weighted by Crippen LogP contribution is 2.27. The molecule has 1 atom stereocenters. The number of anilines is 1. The Morgan fingerprint density at radius 1 is 1.17 bits per heavy atom. The molecule has 0 bridgehead atoms. The van der Waals surface area contributed by atoms with Crippen LogP contribution in [0, 0.1) is 5.92 Å². The molecule has 4 rings (SSSR count). The number of nitrogens with two attached hydrogens (primary N) is 1. The van der Waals surface area contributed by atoms with Crippen LogP contribution in [0.2, 0.25) is 0 Å². The summed E-state index contributed by atoms with van der Waals surface area (Å²) in [6.45, 7) is 2.16. The minimum atomic E-state index is 0.0181. The van der Waals surface area contributed by atoms with Gasteiger partial charge in [-0.25, -0.2) is 9.50 Å². The minimum Gasteiger partial charge on any atom is -0.459 e. The summed E-state index contributed by atoms with van der Waals surface area (Å²) in [6.07, 6.45) is 12.3. The summed E-state index contributed by atoms with van der Waals surface area (Å²) in [6, 6.07) is 10.7. The first-order valence-electron chi connectivity index (χ1n) is 10.9. The van der Waals surface area contributed by atoms with E-state index in [1.54, 1.807) is 0 Å². The van der Waals surface area contributed by atoms with Crippen LogP contribution in [0.1, 0.15) is 63.1 Å². The van der Waals surface area contributed by atoms with Crippen LogP contribution in [-0.2, 0) is 12.8 Å². The first-order chi connectivity index (χ1) is 14.2. The van der Waals surface area contributed by atoms with Crippen LogP contribution < -0.4 is 10.5 Å². The SMILES string of the molecule is CCCC(Cc1ccccc1)Oc1nc(N)c2ncc(CC3CCCCC3)n2n1. The van der Waals surface area contributed by atoms with Gasteiger partial charge >= 0.3 is 6.01 Å². The number of benzene rings is 1. The molecule has 1 aromatic carbocycles. The Hall–Kier alpha value is -2.63. The predicted octanol–water partition coefficient (Wildman–Crippen LogP) is 4.62. The van der Waals surface area contributed by atoms with E-state index >= 15 is 0 Å². The standard InChI is InChI=1S/C23H31N5O/c1-2-9-20(15-18-12-7-4-8-13-18)29-23-26-21(24)22-25-16-19(28(22)27-23)14-17-10-5-3-6-11-17/h4,7-8,12-13,16-17,20H,2-3,5-6,9-11,14-15H2,1H3,(H2,24,26,27). The Morgan fingerprint density at radius 2 is 1.97 bits per heavy atom. The molecule has 1 fully saturated rings. The molecule has 1 unspecified atom stereocenters. The van der Waals surface area contributed by atoms with Gasteiger partial charge in [-0.3, -0.25) is 0 Å². The molecule has 0 amide bonds. The van der Waals surface area contributed by atoms with Crippen molar-refractivity contribution in [2.45, 2.75) is 70.8 Å². The highest BCUT2D eigenvalue weighted by molar-refractivity contribution is 5.59. The number of hydrogen-bond donors (Lipinski definition) is 1. The van der Waals surface area contributed by atoms with E-state index in [-0.39, 0.29) is 6.10 Å². The number of imidazole rings is 1. The van der Waals surface area contributed by atoms with Gasteiger partial charge in [-0.15, -0.1) is 5.10 Å². The lowest BCUT2D eigenvalue weighted by Gasteiger charge is -2.21. The lowest BCUT2D eigenvalue weighted by molar-refractivity contribution is 0.171. The Labute approximate surface area is 172 Å². The summed E-state index contributed by atoms with van der Waals surface area (Å²) in [7, 11) is 0. The highest BCUT2D eigenvalue weighted by atomic mass is 16.5. The molecule has 1 aliphatic rings. The number of fused-ring (bicyclic) bond motifs is 1. The summed E-state index contributed by atoms with van der Waals surface area (Å²) in [5.41, 5.74) is 9.16. The molecule has 2 heterocycles. The monoisotopic (exact) mass is 393 g/mol. The molecule has 1 aliphatic carbocycles. The van der Waals surface area contributed by atoms with Crippen molar-refractivity contribution in [1.29, 1.82) is 0 Å². The molecule has 0 aliphatic heterocycles. The predicted molar refractivity (Wildman–Crippen MR) is 115 cm³/mol. The molecule has 3 aromatic rings. The Morgan fingerprint density at radius 3 is 2.72 bits per heavy atom. The first kappa shape index (κ1) is 19.7. The van der Waals surface area contributed by atoms with Crippen molar-refractivity contribution in [3.63, 3.8) is 0 Å². The number of ether oxygens (including phenoxy) is 1. The third-order valence-corrected chi connectivity index (χ3v) is 5.85. The topological polar surface area (TPSA) is 78.3 Å². The van der Waals surface area contributed by atoms with Crippen molar-refractivity contribution in [3.8, 4) is 6.01 Å². The summed E-state index contributed by atoms with van der Waals surface area (Å²) in [5.74, 6) is 1.08.